The van der Waals surface area contributed by atoms with Gasteiger partial charge in [0, 0.05) is 12.4 Å². The highest BCUT2D eigenvalue weighted by Gasteiger charge is 2.13. The van der Waals surface area contributed by atoms with E-state index in [1.165, 1.54) is 12.4 Å². The van der Waals surface area contributed by atoms with Crippen LogP contribution in [0.1, 0.15) is 30.6 Å². The fraction of sp³-hybridized carbons (Fsp3) is 0.400. The van der Waals surface area contributed by atoms with E-state index in [-0.39, 0.29) is 6.10 Å². The molecule has 1 heterocycles. The average Bonchev–Trinajstić information content (AvgIpc) is 2.18. The Balaban J connectivity index is 2.75. The molecule has 76 valence electrons. The molecule has 0 spiro atoms. The Labute approximate surface area is 88.1 Å². The minimum atomic E-state index is -0.419. The number of hydrogen-bond acceptors (Lipinski definition) is 3. The molecule has 0 radical (unpaired) electrons. The van der Waals surface area contributed by atoms with Crippen LogP contribution in [0.2, 0.25) is 5.02 Å². The Kier molecular flexibility index (Phi) is 3.89. The molecule has 0 N–H and O–H groups in total. The van der Waals surface area contributed by atoms with E-state index >= 15 is 0 Å². The van der Waals surface area contributed by atoms with Crippen LogP contribution < -0.4 is 0 Å². The van der Waals surface area contributed by atoms with Gasteiger partial charge in [0.2, 0.25) is 0 Å². The highest BCUT2D eigenvalue weighted by atomic mass is 35.5. The standard InChI is InChI=1S/C10H12ClNO2/c1-3-7(2)14-10(13)8-6-12-5-4-9(8)11/h4-7H,3H2,1-2H3. The molecule has 0 aliphatic rings. The summed E-state index contributed by atoms with van der Waals surface area (Å²) in [4.78, 5) is 15.3. The summed E-state index contributed by atoms with van der Waals surface area (Å²) < 4.78 is 5.10. The van der Waals surface area contributed by atoms with Gasteiger partial charge in [0.15, 0.2) is 0 Å². The molecule has 1 aromatic rings. The Morgan fingerprint density at radius 2 is 2.43 bits per heavy atom. The molecule has 0 amide bonds. The van der Waals surface area contributed by atoms with Gasteiger partial charge in [-0.25, -0.2) is 4.79 Å². The molecule has 0 aliphatic carbocycles. The third-order valence-corrected chi connectivity index (χ3v) is 2.20. The monoisotopic (exact) mass is 213 g/mol. The zero-order chi connectivity index (χ0) is 10.6. The number of nitrogens with zero attached hydrogens (tertiary/aromatic N) is 1. The van der Waals surface area contributed by atoms with E-state index in [1.54, 1.807) is 6.07 Å². The Morgan fingerprint density at radius 3 is 3.00 bits per heavy atom. The smallest absolute Gasteiger partial charge is 0.341 e. The van der Waals surface area contributed by atoms with Gasteiger partial charge in [-0.3, -0.25) is 4.98 Å². The van der Waals surface area contributed by atoms with Crippen LogP contribution in [0, 0.1) is 0 Å². The predicted octanol–water partition coefficient (Wildman–Crippen LogP) is 2.69. The fourth-order valence-corrected chi connectivity index (χ4v) is 1.04. The first-order valence-electron chi connectivity index (χ1n) is 4.45. The number of carbonyl (C=O) groups excluding carboxylic acids is 1. The fourth-order valence-electron chi connectivity index (χ4n) is 0.857. The van der Waals surface area contributed by atoms with E-state index in [2.05, 4.69) is 4.98 Å². The average molecular weight is 214 g/mol. The molecule has 0 saturated carbocycles. The maximum atomic E-state index is 11.5. The van der Waals surface area contributed by atoms with E-state index in [1.807, 2.05) is 13.8 Å². The predicted molar refractivity (Wildman–Crippen MR) is 54.4 cm³/mol. The van der Waals surface area contributed by atoms with Crippen LogP contribution in [-0.2, 0) is 4.74 Å². The summed E-state index contributed by atoms with van der Waals surface area (Å²) in [5, 5.41) is 0.369. The number of aromatic nitrogens is 1. The van der Waals surface area contributed by atoms with Crippen molar-refractivity contribution in [2.45, 2.75) is 26.4 Å². The van der Waals surface area contributed by atoms with Crippen molar-refractivity contribution in [3.05, 3.63) is 29.0 Å². The minimum Gasteiger partial charge on any atom is -0.459 e. The van der Waals surface area contributed by atoms with E-state index in [0.29, 0.717) is 10.6 Å². The second-order valence-corrected chi connectivity index (χ2v) is 3.39. The lowest BCUT2D eigenvalue weighted by atomic mass is 10.3. The van der Waals surface area contributed by atoms with Crippen molar-refractivity contribution < 1.29 is 9.53 Å². The molecule has 1 rings (SSSR count). The molecule has 14 heavy (non-hydrogen) atoms. The largest absolute Gasteiger partial charge is 0.459 e. The molecule has 1 aromatic heterocycles. The molecule has 0 aliphatic heterocycles. The summed E-state index contributed by atoms with van der Waals surface area (Å²) in [6, 6.07) is 1.56. The molecule has 0 aromatic carbocycles. The van der Waals surface area contributed by atoms with Crippen LogP contribution in [0.5, 0.6) is 0 Å². The van der Waals surface area contributed by atoms with Crippen LogP contribution in [0.3, 0.4) is 0 Å². The van der Waals surface area contributed by atoms with Crippen molar-refractivity contribution in [3.63, 3.8) is 0 Å². The highest BCUT2D eigenvalue weighted by molar-refractivity contribution is 6.33. The van der Waals surface area contributed by atoms with Crippen LogP contribution in [-0.4, -0.2) is 17.1 Å². The van der Waals surface area contributed by atoms with Gasteiger partial charge in [0.05, 0.1) is 16.7 Å². The van der Waals surface area contributed by atoms with Gasteiger partial charge in [-0.1, -0.05) is 18.5 Å². The van der Waals surface area contributed by atoms with Crippen molar-refractivity contribution >= 4 is 17.6 Å². The zero-order valence-corrected chi connectivity index (χ0v) is 8.91. The van der Waals surface area contributed by atoms with Crippen molar-refractivity contribution in [2.24, 2.45) is 0 Å². The minimum absolute atomic E-state index is 0.0984. The summed E-state index contributed by atoms with van der Waals surface area (Å²) >= 11 is 5.80. The van der Waals surface area contributed by atoms with Gasteiger partial charge in [-0.05, 0) is 19.4 Å². The van der Waals surface area contributed by atoms with E-state index in [9.17, 15) is 4.79 Å². The maximum absolute atomic E-state index is 11.5. The van der Waals surface area contributed by atoms with Crippen molar-refractivity contribution in [1.29, 1.82) is 0 Å². The van der Waals surface area contributed by atoms with Gasteiger partial charge in [0.25, 0.3) is 0 Å². The van der Waals surface area contributed by atoms with Gasteiger partial charge in [-0.15, -0.1) is 0 Å². The summed E-state index contributed by atoms with van der Waals surface area (Å²) in [7, 11) is 0. The first kappa shape index (κ1) is 11.0. The molecule has 0 fully saturated rings. The molecule has 3 nitrogen and oxygen atoms in total. The number of ether oxygens (including phenoxy) is 1. The molecular formula is C10H12ClNO2. The lowest BCUT2D eigenvalue weighted by Crippen LogP contribution is -2.14. The van der Waals surface area contributed by atoms with E-state index < -0.39 is 5.97 Å². The zero-order valence-electron chi connectivity index (χ0n) is 8.16. The highest BCUT2D eigenvalue weighted by Crippen LogP contribution is 2.15. The third kappa shape index (κ3) is 2.70. The quantitative estimate of drug-likeness (QED) is 0.725. The van der Waals surface area contributed by atoms with Crippen LogP contribution in [0.25, 0.3) is 0 Å². The number of carbonyl (C=O) groups is 1. The van der Waals surface area contributed by atoms with Crippen LogP contribution >= 0.6 is 11.6 Å². The van der Waals surface area contributed by atoms with Crippen LogP contribution in [0.15, 0.2) is 18.5 Å². The Bertz CT molecular complexity index is 328. The van der Waals surface area contributed by atoms with Gasteiger partial charge in [0.1, 0.15) is 0 Å². The number of pyridine rings is 1. The number of halogens is 1. The summed E-state index contributed by atoms with van der Waals surface area (Å²) in [5.41, 5.74) is 0.314. The SMILES string of the molecule is CCC(C)OC(=O)c1cnccc1Cl. The van der Waals surface area contributed by atoms with E-state index in [0.717, 1.165) is 6.42 Å². The lowest BCUT2D eigenvalue weighted by Gasteiger charge is -2.10. The van der Waals surface area contributed by atoms with Crippen molar-refractivity contribution in [1.82, 2.24) is 4.98 Å². The molecule has 0 saturated heterocycles. The Hall–Kier alpha value is -1.09. The topological polar surface area (TPSA) is 39.2 Å². The molecule has 1 unspecified atom stereocenters. The lowest BCUT2D eigenvalue weighted by molar-refractivity contribution is 0.0334. The number of esters is 1. The van der Waals surface area contributed by atoms with Gasteiger partial charge in [-0.2, -0.15) is 0 Å². The Morgan fingerprint density at radius 1 is 1.71 bits per heavy atom. The molecular weight excluding hydrogens is 202 g/mol. The number of rotatable bonds is 3. The van der Waals surface area contributed by atoms with Crippen LogP contribution in [0.4, 0.5) is 0 Å². The van der Waals surface area contributed by atoms with E-state index in [4.69, 9.17) is 16.3 Å². The summed E-state index contributed by atoms with van der Waals surface area (Å²) in [6.45, 7) is 3.78. The second-order valence-electron chi connectivity index (χ2n) is 2.98. The van der Waals surface area contributed by atoms with Gasteiger partial charge >= 0.3 is 5.97 Å². The van der Waals surface area contributed by atoms with Gasteiger partial charge < -0.3 is 4.74 Å². The molecule has 4 heteroatoms. The molecule has 0 bridgehead atoms. The summed E-state index contributed by atoms with van der Waals surface area (Å²) in [5.74, 6) is -0.419. The summed E-state index contributed by atoms with van der Waals surface area (Å²) in [6.07, 6.45) is 3.62. The second kappa shape index (κ2) is 4.96. The van der Waals surface area contributed by atoms with Crippen molar-refractivity contribution in [3.8, 4) is 0 Å². The first-order valence-corrected chi connectivity index (χ1v) is 4.83. The molecule has 1 atom stereocenters. The maximum Gasteiger partial charge on any atom is 0.341 e. The normalized spacial score (nSPS) is 12.2. The van der Waals surface area contributed by atoms with Crippen molar-refractivity contribution in [2.75, 3.05) is 0 Å². The third-order valence-electron chi connectivity index (χ3n) is 1.87. The first-order chi connectivity index (χ1) is 6.65. The number of hydrogen-bond donors (Lipinski definition) is 0.